The molecule has 0 rings (SSSR count). The van der Waals surface area contributed by atoms with Crippen LogP contribution in [0.3, 0.4) is 0 Å². The Morgan fingerprint density at radius 1 is 1.62 bits per heavy atom. The standard InChI is InChI=1S/C10H19ClO2/c1-3-5-10(11)9(2)8-13-7-4-6-12/h5,9,12H,3-4,6-8H2,1-2H3/b10-5+. The molecule has 0 aliphatic rings. The van der Waals surface area contributed by atoms with E-state index in [1.54, 1.807) is 0 Å². The minimum Gasteiger partial charge on any atom is -0.396 e. The Kier molecular flexibility index (Phi) is 8.51. The molecule has 0 radical (unpaired) electrons. The van der Waals surface area contributed by atoms with E-state index in [2.05, 4.69) is 6.92 Å². The molecule has 1 atom stereocenters. The molecule has 0 aromatic rings. The summed E-state index contributed by atoms with van der Waals surface area (Å²) >= 11 is 5.98. The third-order valence-electron chi connectivity index (χ3n) is 1.68. The van der Waals surface area contributed by atoms with E-state index in [1.807, 2.05) is 13.0 Å². The van der Waals surface area contributed by atoms with Gasteiger partial charge in [-0.15, -0.1) is 0 Å². The van der Waals surface area contributed by atoms with E-state index in [-0.39, 0.29) is 12.5 Å². The van der Waals surface area contributed by atoms with Gasteiger partial charge in [-0.1, -0.05) is 31.5 Å². The summed E-state index contributed by atoms with van der Waals surface area (Å²) in [6, 6.07) is 0. The smallest absolute Gasteiger partial charge is 0.0540 e. The number of allylic oxidation sites excluding steroid dienone is 1. The van der Waals surface area contributed by atoms with Crippen LogP contribution in [-0.2, 0) is 4.74 Å². The molecule has 0 spiro atoms. The summed E-state index contributed by atoms with van der Waals surface area (Å²) in [4.78, 5) is 0. The van der Waals surface area contributed by atoms with Gasteiger partial charge in [0.2, 0.25) is 0 Å². The van der Waals surface area contributed by atoms with Gasteiger partial charge in [-0.3, -0.25) is 0 Å². The molecule has 0 aliphatic heterocycles. The summed E-state index contributed by atoms with van der Waals surface area (Å²) in [6.07, 6.45) is 3.66. The molecule has 0 saturated heterocycles. The molecule has 3 heteroatoms. The van der Waals surface area contributed by atoms with Crippen molar-refractivity contribution in [2.24, 2.45) is 5.92 Å². The number of rotatable bonds is 7. The van der Waals surface area contributed by atoms with E-state index in [0.717, 1.165) is 11.5 Å². The summed E-state index contributed by atoms with van der Waals surface area (Å²) in [5.74, 6) is 0.264. The summed E-state index contributed by atoms with van der Waals surface area (Å²) in [7, 11) is 0. The van der Waals surface area contributed by atoms with Crippen LogP contribution in [0.4, 0.5) is 0 Å². The first-order chi connectivity index (χ1) is 6.22. The van der Waals surface area contributed by atoms with Gasteiger partial charge < -0.3 is 9.84 Å². The van der Waals surface area contributed by atoms with Crippen molar-refractivity contribution in [2.45, 2.75) is 26.7 Å². The van der Waals surface area contributed by atoms with Crippen molar-refractivity contribution in [1.82, 2.24) is 0 Å². The van der Waals surface area contributed by atoms with Crippen molar-refractivity contribution >= 4 is 11.6 Å². The van der Waals surface area contributed by atoms with Crippen molar-refractivity contribution in [3.8, 4) is 0 Å². The van der Waals surface area contributed by atoms with Crippen LogP contribution in [0, 0.1) is 5.92 Å². The van der Waals surface area contributed by atoms with Gasteiger partial charge in [0.1, 0.15) is 0 Å². The second kappa shape index (κ2) is 8.54. The number of hydrogen-bond acceptors (Lipinski definition) is 2. The van der Waals surface area contributed by atoms with Crippen molar-refractivity contribution in [3.63, 3.8) is 0 Å². The van der Waals surface area contributed by atoms with E-state index >= 15 is 0 Å². The highest BCUT2D eigenvalue weighted by Gasteiger charge is 2.05. The fourth-order valence-corrected chi connectivity index (χ4v) is 1.12. The molecular formula is C10H19ClO2. The molecule has 0 aromatic carbocycles. The Labute approximate surface area is 85.5 Å². The Hall–Kier alpha value is -0.0500. The topological polar surface area (TPSA) is 29.5 Å². The van der Waals surface area contributed by atoms with Gasteiger partial charge >= 0.3 is 0 Å². The number of ether oxygens (including phenoxy) is 1. The van der Waals surface area contributed by atoms with Gasteiger partial charge in [0, 0.05) is 24.2 Å². The van der Waals surface area contributed by atoms with Crippen LogP contribution < -0.4 is 0 Å². The quantitative estimate of drug-likeness (QED) is 0.649. The molecule has 1 N–H and O–H groups in total. The maximum Gasteiger partial charge on any atom is 0.0540 e. The molecular weight excluding hydrogens is 188 g/mol. The van der Waals surface area contributed by atoms with E-state index in [4.69, 9.17) is 21.4 Å². The lowest BCUT2D eigenvalue weighted by Crippen LogP contribution is -2.07. The fraction of sp³-hybridized carbons (Fsp3) is 0.800. The predicted octanol–water partition coefficient (Wildman–Crippen LogP) is 2.55. The SMILES string of the molecule is CC/C=C(/Cl)C(C)COCCCO. The lowest BCUT2D eigenvalue weighted by molar-refractivity contribution is 0.100. The van der Waals surface area contributed by atoms with Gasteiger partial charge in [0.25, 0.3) is 0 Å². The van der Waals surface area contributed by atoms with E-state index in [9.17, 15) is 0 Å². The lowest BCUT2D eigenvalue weighted by Gasteiger charge is -2.10. The van der Waals surface area contributed by atoms with Gasteiger partial charge in [0.05, 0.1) is 6.61 Å². The van der Waals surface area contributed by atoms with Gasteiger partial charge in [-0.25, -0.2) is 0 Å². The maximum absolute atomic E-state index is 8.51. The summed E-state index contributed by atoms with van der Waals surface area (Å²) in [5, 5.41) is 9.37. The Morgan fingerprint density at radius 2 is 2.31 bits per heavy atom. The molecule has 78 valence electrons. The highest BCUT2D eigenvalue weighted by Crippen LogP contribution is 2.15. The summed E-state index contributed by atoms with van der Waals surface area (Å²) < 4.78 is 5.32. The molecule has 0 bridgehead atoms. The van der Waals surface area contributed by atoms with Crippen LogP contribution in [-0.4, -0.2) is 24.9 Å². The Balaban J connectivity index is 3.49. The van der Waals surface area contributed by atoms with Crippen molar-refractivity contribution in [1.29, 1.82) is 0 Å². The van der Waals surface area contributed by atoms with Crippen LogP contribution >= 0.6 is 11.6 Å². The van der Waals surface area contributed by atoms with Crippen LogP contribution in [0.5, 0.6) is 0 Å². The van der Waals surface area contributed by atoms with Crippen molar-refractivity contribution in [2.75, 3.05) is 19.8 Å². The third kappa shape index (κ3) is 7.05. The zero-order valence-corrected chi connectivity index (χ0v) is 9.18. The van der Waals surface area contributed by atoms with E-state index in [0.29, 0.717) is 19.6 Å². The van der Waals surface area contributed by atoms with Crippen LogP contribution in [0.1, 0.15) is 26.7 Å². The van der Waals surface area contributed by atoms with Crippen molar-refractivity contribution in [3.05, 3.63) is 11.1 Å². The highest BCUT2D eigenvalue weighted by molar-refractivity contribution is 6.29. The molecule has 0 aromatic heterocycles. The fourth-order valence-electron chi connectivity index (χ4n) is 0.903. The predicted molar refractivity (Wildman–Crippen MR) is 55.9 cm³/mol. The normalized spacial score (nSPS) is 14.6. The van der Waals surface area contributed by atoms with Gasteiger partial charge in [-0.05, 0) is 12.8 Å². The minimum atomic E-state index is 0.187. The van der Waals surface area contributed by atoms with Gasteiger partial charge in [0.15, 0.2) is 0 Å². The Morgan fingerprint density at radius 3 is 2.85 bits per heavy atom. The first-order valence-electron chi connectivity index (χ1n) is 4.76. The van der Waals surface area contributed by atoms with Gasteiger partial charge in [-0.2, -0.15) is 0 Å². The number of halogens is 1. The maximum atomic E-state index is 8.51. The largest absolute Gasteiger partial charge is 0.396 e. The zero-order chi connectivity index (χ0) is 10.1. The lowest BCUT2D eigenvalue weighted by atomic mass is 10.1. The van der Waals surface area contributed by atoms with Crippen LogP contribution in [0.2, 0.25) is 0 Å². The molecule has 0 saturated carbocycles. The molecule has 13 heavy (non-hydrogen) atoms. The van der Waals surface area contributed by atoms with Crippen molar-refractivity contribution < 1.29 is 9.84 Å². The zero-order valence-electron chi connectivity index (χ0n) is 8.42. The van der Waals surface area contributed by atoms with Crippen LogP contribution in [0.15, 0.2) is 11.1 Å². The number of aliphatic hydroxyl groups excluding tert-OH is 1. The number of hydrogen-bond donors (Lipinski definition) is 1. The average molecular weight is 207 g/mol. The van der Waals surface area contributed by atoms with Crippen LogP contribution in [0.25, 0.3) is 0 Å². The summed E-state index contributed by atoms with van der Waals surface area (Å²) in [6.45, 7) is 5.52. The highest BCUT2D eigenvalue weighted by atomic mass is 35.5. The molecule has 1 unspecified atom stereocenters. The first-order valence-corrected chi connectivity index (χ1v) is 5.14. The molecule has 0 fully saturated rings. The summed E-state index contributed by atoms with van der Waals surface area (Å²) in [5.41, 5.74) is 0. The van der Waals surface area contributed by atoms with E-state index in [1.165, 1.54) is 0 Å². The second-order valence-electron chi connectivity index (χ2n) is 3.05. The minimum absolute atomic E-state index is 0.187. The average Bonchev–Trinajstić information content (AvgIpc) is 2.12. The third-order valence-corrected chi connectivity index (χ3v) is 2.21. The molecule has 0 amide bonds. The first kappa shape index (κ1) is 12.9. The monoisotopic (exact) mass is 206 g/mol. The molecule has 0 heterocycles. The Bertz CT molecular complexity index is 146. The molecule has 0 aliphatic carbocycles. The second-order valence-corrected chi connectivity index (χ2v) is 3.49. The molecule has 2 nitrogen and oxygen atoms in total. The number of aliphatic hydroxyl groups is 1. The van der Waals surface area contributed by atoms with E-state index < -0.39 is 0 Å².